The summed E-state index contributed by atoms with van der Waals surface area (Å²) >= 11 is 13.2. The van der Waals surface area contributed by atoms with Crippen molar-refractivity contribution >= 4 is 45.0 Å². The van der Waals surface area contributed by atoms with Crippen LogP contribution in [-0.4, -0.2) is 42.3 Å². The first-order chi connectivity index (χ1) is 8.01. The van der Waals surface area contributed by atoms with E-state index >= 15 is 0 Å². The van der Waals surface area contributed by atoms with Gasteiger partial charge in [-0.1, -0.05) is 23.2 Å². The summed E-state index contributed by atoms with van der Waals surface area (Å²) in [6.07, 6.45) is 1.24. The van der Waals surface area contributed by atoms with E-state index in [-0.39, 0.29) is 15.1 Å². The average molecular weight is 313 g/mol. The highest BCUT2D eigenvalue weighted by atomic mass is 35.5. The Balaban J connectivity index is 2.33. The van der Waals surface area contributed by atoms with Crippen molar-refractivity contribution in [2.24, 2.45) is 0 Å². The van der Waals surface area contributed by atoms with Crippen LogP contribution in [0.3, 0.4) is 0 Å². The van der Waals surface area contributed by atoms with Crippen LogP contribution in [0, 0.1) is 0 Å². The van der Waals surface area contributed by atoms with E-state index in [9.17, 15) is 8.42 Å². The summed E-state index contributed by atoms with van der Waals surface area (Å²) in [5.41, 5.74) is 0. The van der Waals surface area contributed by atoms with Gasteiger partial charge in [-0.3, -0.25) is 0 Å². The number of halogens is 2. The average Bonchev–Trinajstić information content (AvgIpc) is 2.33. The smallest absolute Gasteiger partial charge is 0.242 e. The molecule has 0 aliphatic carbocycles. The molecule has 17 heavy (non-hydrogen) atoms. The second-order valence-corrected chi connectivity index (χ2v) is 7.39. The lowest BCUT2D eigenvalue weighted by molar-refractivity contribution is 0.443. The number of nitrogens with zero attached hydrogens (tertiary/aromatic N) is 2. The van der Waals surface area contributed by atoms with E-state index in [4.69, 9.17) is 23.2 Å². The van der Waals surface area contributed by atoms with E-state index < -0.39 is 10.0 Å². The van der Waals surface area contributed by atoms with Crippen molar-refractivity contribution in [1.29, 1.82) is 0 Å². The third kappa shape index (κ3) is 2.88. The first-order valence-corrected chi connectivity index (χ1v) is 8.26. The highest BCUT2D eigenvalue weighted by Crippen LogP contribution is 2.25. The molecule has 4 nitrogen and oxygen atoms in total. The first-order valence-electron chi connectivity index (χ1n) is 4.91. The van der Waals surface area contributed by atoms with Gasteiger partial charge in [0.1, 0.15) is 10.0 Å². The van der Waals surface area contributed by atoms with Gasteiger partial charge < -0.3 is 0 Å². The van der Waals surface area contributed by atoms with E-state index in [0.717, 1.165) is 11.5 Å². The van der Waals surface area contributed by atoms with E-state index in [0.29, 0.717) is 13.1 Å². The molecule has 0 amide bonds. The summed E-state index contributed by atoms with van der Waals surface area (Å²) in [4.78, 5) is 3.86. The van der Waals surface area contributed by atoms with Crippen LogP contribution in [0.4, 0.5) is 0 Å². The molecule has 0 saturated carbocycles. The van der Waals surface area contributed by atoms with Gasteiger partial charge in [0.15, 0.2) is 0 Å². The fraction of sp³-hybridized carbons (Fsp3) is 0.444. The third-order valence-electron chi connectivity index (χ3n) is 2.38. The molecule has 0 radical (unpaired) electrons. The fourth-order valence-corrected chi connectivity index (χ4v) is 4.36. The van der Waals surface area contributed by atoms with Gasteiger partial charge >= 0.3 is 0 Å². The van der Waals surface area contributed by atoms with Gasteiger partial charge in [0, 0.05) is 30.8 Å². The molecule has 94 valence electrons. The summed E-state index contributed by atoms with van der Waals surface area (Å²) in [5, 5.41) is 0.263. The van der Waals surface area contributed by atoms with Gasteiger partial charge in [-0.2, -0.15) is 16.1 Å². The summed E-state index contributed by atoms with van der Waals surface area (Å²) < 4.78 is 25.9. The molecule has 0 bridgehead atoms. The Morgan fingerprint density at radius 2 is 1.94 bits per heavy atom. The summed E-state index contributed by atoms with van der Waals surface area (Å²) in [5.74, 6) is 1.63. The molecular weight excluding hydrogens is 303 g/mol. The monoisotopic (exact) mass is 312 g/mol. The highest BCUT2D eigenvalue weighted by molar-refractivity contribution is 7.99. The van der Waals surface area contributed by atoms with Crippen molar-refractivity contribution in [2.75, 3.05) is 24.6 Å². The largest absolute Gasteiger partial charge is 0.244 e. The van der Waals surface area contributed by atoms with E-state index in [1.54, 1.807) is 11.8 Å². The second kappa shape index (κ2) is 5.32. The first kappa shape index (κ1) is 13.4. The van der Waals surface area contributed by atoms with Gasteiger partial charge in [0.2, 0.25) is 10.0 Å². The van der Waals surface area contributed by atoms with Gasteiger partial charge in [-0.25, -0.2) is 13.4 Å². The molecule has 0 atom stereocenters. The molecule has 2 rings (SSSR count). The maximum Gasteiger partial charge on any atom is 0.244 e. The Bertz CT molecular complexity index is 516. The SMILES string of the molecule is O=S(=O)(c1cnc(Cl)c(Cl)c1)N1CCSCC1. The van der Waals surface area contributed by atoms with Crippen LogP contribution in [0.2, 0.25) is 10.2 Å². The van der Waals surface area contributed by atoms with Gasteiger partial charge in [0.05, 0.1) is 5.02 Å². The molecule has 0 N–H and O–H groups in total. The molecule has 8 heteroatoms. The standard InChI is InChI=1S/C9H10Cl2N2O2S2/c10-8-5-7(6-12-9(8)11)17(14,15)13-1-3-16-4-2-13/h5-6H,1-4H2. The molecule has 0 spiro atoms. The van der Waals surface area contributed by atoms with Crippen LogP contribution < -0.4 is 0 Å². The van der Waals surface area contributed by atoms with E-state index in [2.05, 4.69) is 4.98 Å². The predicted molar refractivity (Wildman–Crippen MR) is 70.3 cm³/mol. The van der Waals surface area contributed by atoms with Crippen molar-refractivity contribution in [1.82, 2.24) is 9.29 Å². The lowest BCUT2D eigenvalue weighted by Gasteiger charge is -2.25. The minimum absolute atomic E-state index is 0.0961. The zero-order valence-electron chi connectivity index (χ0n) is 8.77. The van der Waals surface area contributed by atoms with Crippen LogP contribution in [-0.2, 0) is 10.0 Å². The number of hydrogen-bond donors (Lipinski definition) is 0. The number of sulfonamides is 1. The maximum absolute atomic E-state index is 12.2. The second-order valence-electron chi connectivity index (χ2n) is 3.46. The van der Waals surface area contributed by atoms with Crippen LogP contribution in [0.1, 0.15) is 0 Å². The minimum Gasteiger partial charge on any atom is -0.242 e. The molecule has 1 saturated heterocycles. The van der Waals surface area contributed by atoms with Crippen molar-refractivity contribution in [3.05, 3.63) is 22.4 Å². The quantitative estimate of drug-likeness (QED) is 0.785. The Labute approximate surface area is 114 Å². The Kier molecular flexibility index (Phi) is 4.20. The molecule has 1 fully saturated rings. The van der Waals surface area contributed by atoms with Gasteiger partial charge in [0.25, 0.3) is 0 Å². The van der Waals surface area contributed by atoms with Gasteiger partial charge in [-0.15, -0.1) is 0 Å². The summed E-state index contributed by atoms with van der Waals surface area (Å²) in [6.45, 7) is 1.04. The topological polar surface area (TPSA) is 50.3 Å². The van der Waals surface area contributed by atoms with Crippen molar-refractivity contribution in [3.8, 4) is 0 Å². The maximum atomic E-state index is 12.2. The number of rotatable bonds is 2. The number of thioether (sulfide) groups is 1. The zero-order chi connectivity index (χ0) is 12.5. The number of pyridine rings is 1. The van der Waals surface area contributed by atoms with Gasteiger partial charge in [-0.05, 0) is 6.07 Å². The molecule has 2 heterocycles. The summed E-state index contributed by atoms with van der Waals surface area (Å²) in [6, 6.07) is 1.34. The normalized spacial score (nSPS) is 18.2. The fourth-order valence-electron chi connectivity index (χ4n) is 1.48. The van der Waals surface area contributed by atoms with Crippen LogP contribution in [0.5, 0.6) is 0 Å². The molecule has 0 aromatic carbocycles. The predicted octanol–water partition coefficient (Wildman–Crippen LogP) is 2.13. The number of aromatic nitrogens is 1. The van der Waals surface area contributed by atoms with E-state index in [1.807, 2.05) is 0 Å². The molecule has 1 aromatic rings. The van der Waals surface area contributed by atoms with Crippen LogP contribution in [0.25, 0.3) is 0 Å². The Morgan fingerprint density at radius 3 is 2.53 bits per heavy atom. The zero-order valence-corrected chi connectivity index (χ0v) is 11.9. The lowest BCUT2D eigenvalue weighted by Crippen LogP contribution is -2.37. The van der Waals surface area contributed by atoms with Crippen molar-refractivity contribution in [3.63, 3.8) is 0 Å². The Morgan fingerprint density at radius 1 is 1.29 bits per heavy atom. The lowest BCUT2D eigenvalue weighted by atomic mass is 10.5. The molecule has 0 unspecified atom stereocenters. The van der Waals surface area contributed by atoms with Crippen molar-refractivity contribution in [2.45, 2.75) is 4.90 Å². The molecular formula is C9H10Cl2N2O2S2. The van der Waals surface area contributed by atoms with Crippen LogP contribution >= 0.6 is 35.0 Å². The number of hydrogen-bond acceptors (Lipinski definition) is 4. The molecule has 1 aromatic heterocycles. The summed E-state index contributed by atoms with van der Waals surface area (Å²) in [7, 11) is -3.49. The molecule has 1 aliphatic rings. The van der Waals surface area contributed by atoms with Crippen LogP contribution in [0.15, 0.2) is 17.2 Å². The van der Waals surface area contributed by atoms with E-state index in [1.165, 1.54) is 16.6 Å². The Hall–Kier alpha value is -0.0100. The minimum atomic E-state index is -3.49. The highest BCUT2D eigenvalue weighted by Gasteiger charge is 2.26. The van der Waals surface area contributed by atoms with Crippen molar-refractivity contribution < 1.29 is 8.42 Å². The molecule has 1 aliphatic heterocycles. The third-order valence-corrected chi connectivity index (χ3v) is 5.87.